The Kier molecular flexibility index (Phi) is 8.11. The van der Waals surface area contributed by atoms with Gasteiger partial charge in [-0.3, -0.25) is 20.1 Å². The third-order valence-corrected chi connectivity index (χ3v) is 16.3. The highest BCUT2D eigenvalue weighted by Crippen LogP contribution is 2.82. The molecule has 0 radical (unpaired) electrons. The van der Waals surface area contributed by atoms with E-state index in [0.717, 1.165) is 48.0 Å². The van der Waals surface area contributed by atoms with Crippen molar-refractivity contribution in [1.82, 2.24) is 15.0 Å². The number of hydrogen-bond donors (Lipinski definition) is 3. The Hall–Kier alpha value is -4.93. The minimum absolute atomic E-state index is 0.0896. The molecular weight excluding hydrogens is 694 g/mol. The predicted molar refractivity (Wildman–Crippen MR) is 209 cm³/mol. The van der Waals surface area contributed by atoms with Crippen molar-refractivity contribution in [2.75, 3.05) is 30.3 Å². The second-order valence-corrected chi connectivity index (χ2v) is 20.0. The molecule has 264 valence electrons. The van der Waals surface area contributed by atoms with Crippen LogP contribution in [0.1, 0.15) is 66.4 Å². The van der Waals surface area contributed by atoms with E-state index in [1.807, 2.05) is 31.2 Å². The first-order chi connectivity index (χ1) is 24.8. The molecule has 2 atom stereocenters. The number of rotatable bonds is 9. The maximum absolute atomic E-state index is 13.5. The van der Waals surface area contributed by atoms with E-state index >= 15 is 0 Å². The van der Waals surface area contributed by atoms with Crippen LogP contribution in [0.4, 0.5) is 5.13 Å². The molecule has 52 heavy (non-hydrogen) atoms. The largest absolute Gasteiger partial charge is 0.476 e. The van der Waals surface area contributed by atoms with Gasteiger partial charge in [-0.1, -0.05) is 43.4 Å². The number of allylic oxidation sites excluding steroid dienone is 1. The molecule has 0 spiro atoms. The van der Waals surface area contributed by atoms with Gasteiger partial charge in [-0.15, -0.1) is 4.91 Å². The quantitative estimate of drug-likeness (QED) is 0.0768. The van der Waals surface area contributed by atoms with Crippen LogP contribution in [0.2, 0.25) is 0 Å². The molecule has 3 saturated heterocycles. The number of nitrogens with two attached hydrogens (primary N) is 1. The fourth-order valence-corrected chi connectivity index (χ4v) is 16.4. The molecule has 3 aromatic heterocycles. The number of nitrogens with zero attached hydrogens (tertiary/aromatic N) is 5. The van der Waals surface area contributed by atoms with Crippen LogP contribution in [-0.2, 0) is 0 Å². The Balaban J connectivity index is 1.08. The lowest BCUT2D eigenvalue weighted by molar-refractivity contribution is -0.00393. The fourth-order valence-electron chi connectivity index (χ4n) is 10.2. The van der Waals surface area contributed by atoms with Crippen molar-refractivity contribution in [3.8, 4) is 11.3 Å². The molecular formula is C39H39N7O4PS+. The monoisotopic (exact) mass is 732 g/mol. The maximum atomic E-state index is 13.5. The van der Waals surface area contributed by atoms with Crippen molar-refractivity contribution in [1.29, 1.82) is 0 Å². The van der Waals surface area contributed by atoms with Crippen LogP contribution in [0, 0.1) is 21.2 Å². The van der Waals surface area contributed by atoms with Crippen LogP contribution in [0.25, 0.3) is 38.0 Å². The molecule has 2 aromatic carbocycles. The average Bonchev–Trinajstić information content (AvgIpc) is 3.51. The summed E-state index contributed by atoms with van der Waals surface area (Å²) in [6.45, 7) is 7.03. The molecule has 4 bridgehead atoms. The highest BCUT2D eigenvalue weighted by molar-refractivity contribution is 7.74. The summed E-state index contributed by atoms with van der Waals surface area (Å²) >= 11 is 1.39. The third-order valence-electron chi connectivity index (χ3n) is 11.0. The zero-order valence-corrected chi connectivity index (χ0v) is 30.9. The lowest BCUT2D eigenvalue weighted by atomic mass is 9.54. The lowest BCUT2D eigenvalue weighted by Crippen LogP contribution is -2.59. The molecule has 6 heterocycles. The number of nitroso groups, excluding NO2 is 1. The minimum Gasteiger partial charge on any atom is -0.476 e. The van der Waals surface area contributed by atoms with Crippen LogP contribution < -0.4 is 11.1 Å². The number of carbonyl (C=O) groups is 2. The molecule has 3 aliphatic heterocycles. The van der Waals surface area contributed by atoms with E-state index < -0.39 is 13.4 Å². The number of benzene rings is 2. The van der Waals surface area contributed by atoms with Gasteiger partial charge in [0.2, 0.25) is 0 Å². The Morgan fingerprint density at radius 3 is 2.46 bits per heavy atom. The Morgan fingerprint density at radius 1 is 0.981 bits per heavy atom. The normalized spacial score (nSPS) is 26.9. The van der Waals surface area contributed by atoms with Crippen LogP contribution in [0.5, 0.6) is 0 Å². The highest BCUT2D eigenvalue weighted by atomic mass is 32.1. The molecule has 2 unspecified atom stereocenters. The van der Waals surface area contributed by atoms with Gasteiger partial charge in [0, 0.05) is 63.0 Å². The second-order valence-electron chi connectivity index (χ2n) is 15.7. The molecule has 4 fully saturated rings. The van der Waals surface area contributed by atoms with Gasteiger partial charge in [0.15, 0.2) is 18.2 Å². The molecule has 1 saturated carbocycles. The summed E-state index contributed by atoms with van der Waals surface area (Å²) in [6.07, 6.45) is 8.89. The fraction of sp³-hybridized carbons (Fsp3) is 0.333. The van der Waals surface area contributed by atoms with Gasteiger partial charge < -0.3 is 10.8 Å². The molecule has 1 amide bonds. The van der Waals surface area contributed by atoms with Crippen LogP contribution >= 0.6 is 18.7 Å². The number of amides is 1. The molecule has 4 aliphatic rings. The number of nitrogens with one attached hydrogen (secondary N) is 1. The van der Waals surface area contributed by atoms with Gasteiger partial charge in [-0.25, -0.2) is 14.8 Å². The Bertz CT molecular complexity index is 2340. The SMILES string of the molecule is CC(=NCC12CC3(C)CC(C)(C1)C[P+](N=O)(C3)C2)C(=CN)c1ccc(-c2ccc3nccc(C(=O)Nc4nc5ccccc5s4)c3c2)nc1C(=O)O. The van der Waals surface area contributed by atoms with Crippen molar-refractivity contribution in [3.63, 3.8) is 0 Å². The van der Waals surface area contributed by atoms with Gasteiger partial charge in [-0.05, 0) is 68.7 Å². The summed E-state index contributed by atoms with van der Waals surface area (Å²) in [5, 5.41) is 14.4. The molecule has 11 nitrogen and oxygen atoms in total. The highest BCUT2D eigenvalue weighted by Gasteiger charge is 2.71. The van der Waals surface area contributed by atoms with E-state index in [4.69, 9.17) is 10.7 Å². The number of aromatic carboxylic acids is 1. The number of carbonyl (C=O) groups excluding carboxylic acids is 1. The third kappa shape index (κ3) is 5.97. The number of aliphatic imine (C=N–C) groups is 1. The van der Waals surface area contributed by atoms with E-state index in [1.54, 1.807) is 42.6 Å². The Morgan fingerprint density at radius 2 is 1.75 bits per heavy atom. The molecule has 13 heteroatoms. The first-order valence-corrected chi connectivity index (χ1v) is 20.4. The van der Waals surface area contributed by atoms with Gasteiger partial charge in [0.25, 0.3) is 5.91 Å². The number of carboxylic acid groups (broad SMARTS) is 1. The predicted octanol–water partition coefficient (Wildman–Crippen LogP) is 8.53. The standard InChI is InChI=1S/C39H38N7O4PS/c1-23(42-19-39-17-37(2)16-38(3,18-39)21-51(20-37,22-39)46-50)28(15-40)25-9-11-29(43-33(25)35(48)49)24-8-10-30-27(14-24)26(12-13-41-30)34(47)45-36-44-31-6-4-5-7-32(31)52-36/h4-15H,16-22H2,1-3H3,(H3-,40,42,44,45,47,48,49)/p+1. The van der Waals surface area contributed by atoms with Gasteiger partial charge in [0.05, 0.1) is 50.4 Å². The number of anilines is 1. The smallest absolute Gasteiger partial charge is 0.355 e. The van der Waals surface area contributed by atoms with Crippen LogP contribution in [0.3, 0.4) is 0 Å². The zero-order chi connectivity index (χ0) is 36.5. The van der Waals surface area contributed by atoms with E-state index in [0.29, 0.717) is 56.2 Å². The number of hydrogen-bond acceptors (Lipinski definition) is 10. The zero-order valence-electron chi connectivity index (χ0n) is 29.2. The summed E-state index contributed by atoms with van der Waals surface area (Å²) in [5.74, 6) is -1.53. The Labute approximate surface area is 305 Å². The van der Waals surface area contributed by atoms with E-state index in [1.165, 1.54) is 17.5 Å². The molecule has 9 rings (SSSR count). The average molecular weight is 733 g/mol. The molecule has 5 aromatic rings. The lowest BCUT2D eigenvalue weighted by Gasteiger charge is -2.62. The number of para-hydroxylation sites is 1. The summed E-state index contributed by atoms with van der Waals surface area (Å²) < 4.78 is 0.968. The first kappa shape index (κ1) is 34.2. The van der Waals surface area contributed by atoms with E-state index in [9.17, 15) is 19.6 Å². The maximum Gasteiger partial charge on any atom is 0.355 e. The van der Waals surface area contributed by atoms with Crippen molar-refractivity contribution in [3.05, 3.63) is 94.8 Å². The van der Waals surface area contributed by atoms with Crippen LogP contribution in [0.15, 0.2) is 83.0 Å². The van der Waals surface area contributed by atoms with Gasteiger partial charge in [-0.2, -0.15) is 0 Å². The van der Waals surface area contributed by atoms with Gasteiger partial charge in [0.1, 0.15) is 0 Å². The molecule has 4 N–H and O–H groups in total. The topological polar surface area (TPSA) is 173 Å². The number of fused-ring (bicyclic) bond motifs is 2. The van der Waals surface area contributed by atoms with E-state index in [-0.39, 0.29) is 27.8 Å². The van der Waals surface area contributed by atoms with Crippen molar-refractivity contribution >= 4 is 68.2 Å². The summed E-state index contributed by atoms with van der Waals surface area (Å²) in [7, 11) is -1.93. The van der Waals surface area contributed by atoms with Crippen LogP contribution in [-0.4, -0.2) is 62.7 Å². The number of pyridine rings is 2. The summed E-state index contributed by atoms with van der Waals surface area (Å²) in [5.41, 5.74) is 10.5. The molecule has 1 aliphatic carbocycles. The van der Waals surface area contributed by atoms with Gasteiger partial charge >= 0.3 is 5.97 Å². The minimum atomic E-state index is -1.93. The number of thiazole rings is 1. The summed E-state index contributed by atoms with van der Waals surface area (Å²) in [6, 6.07) is 18.2. The van der Waals surface area contributed by atoms with E-state index in [2.05, 4.69) is 39.1 Å². The van der Waals surface area contributed by atoms with Crippen molar-refractivity contribution < 1.29 is 14.7 Å². The second kappa shape index (κ2) is 12.3. The summed E-state index contributed by atoms with van der Waals surface area (Å²) in [4.78, 5) is 60.9. The van der Waals surface area contributed by atoms with Crippen molar-refractivity contribution in [2.45, 2.75) is 40.0 Å². The van der Waals surface area contributed by atoms with Crippen molar-refractivity contribution in [2.24, 2.45) is 31.9 Å². The first-order valence-electron chi connectivity index (χ1n) is 17.3. The number of carboxylic acids is 1. The number of aromatic nitrogens is 3.